The molecule has 0 saturated heterocycles. The van der Waals surface area contributed by atoms with Crippen LogP contribution >= 0.6 is 0 Å². The van der Waals surface area contributed by atoms with Gasteiger partial charge < -0.3 is 16.5 Å². The first-order chi connectivity index (χ1) is 7.18. The van der Waals surface area contributed by atoms with Crippen LogP contribution in [0.1, 0.15) is 16.1 Å². The number of carbonyl (C=O) groups is 1. The molecule has 4 nitrogen and oxygen atoms in total. The normalized spacial score (nSPS) is 10.1. The van der Waals surface area contributed by atoms with Crippen LogP contribution in [-0.2, 0) is 0 Å². The Kier molecular flexibility index (Phi) is 2.17. The topological polar surface area (TPSA) is 84.9 Å². The van der Waals surface area contributed by atoms with Gasteiger partial charge in [0.2, 0.25) is 5.78 Å². The first-order valence-corrected chi connectivity index (χ1v) is 4.51. The van der Waals surface area contributed by atoms with E-state index in [4.69, 9.17) is 11.5 Å². The standard InChI is InChI=1S/C11H11N3O/c12-8-4-3-7(6-9(8)13)11(15)10-2-1-5-14-10/h1-6,14H,12-13H2. The van der Waals surface area contributed by atoms with Crippen LogP contribution in [0.5, 0.6) is 0 Å². The van der Waals surface area contributed by atoms with E-state index in [0.29, 0.717) is 22.6 Å². The van der Waals surface area contributed by atoms with E-state index in [9.17, 15) is 4.79 Å². The Hall–Kier alpha value is -2.23. The minimum absolute atomic E-state index is 0.0910. The van der Waals surface area contributed by atoms with Crippen molar-refractivity contribution in [1.29, 1.82) is 0 Å². The molecule has 1 aromatic carbocycles. The maximum atomic E-state index is 11.8. The van der Waals surface area contributed by atoms with Gasteiger partial charge in [-0.05, 0) is 30.3 Å². The maximum Gasteiger partial charge on any atom is 0.209 e. The number of nitrogens with two attached hydrogens (primary N) is 2. The molecule has 0 bridgehead atoms. The molecular formula is C11H11N3O. The van der Waals surface area contributed by atoms with Gasteiger partial charge in [-0.2, -0.15) is 0 Å². The number of nitrogens with one attached hydrogen (secondary N) is 1. The van der Waals surface area contributed by atoms with E-state index in [0.717, 1.165) is 0 Å². The smallest absolute Gasteiger partial charge is 0.209 e. The molecular weight excluding hydrogens is 190 g/mol. The molecule has 5 N–H and O–H groups in total. The highest BCUT2D eigenvalue weighted by atomic mass is 16.1. The summed E-state index contributed by atoms with van der Waals surface area (Å²) in [7, 11) is 0. The minimum Gasteiger partial charge on any atom is -0.397 e. The molecule has 2 aromatic rings. The third kappa shape index (κ3) is 1.69. The van der Waals surface area contributed by atoms with Crippen molar-refractivity contribution >= 4 is 17.2 Å². The van der Waals surface area contributed by atoms with Gasteiger partial charge in [-0.15, -0.1) is 0 Å². The van der Waals surface area contributed by atoms with E-state index in [1.165, 1.54) is 0 Å². The van der Waals surface area contributed by atoms with Crippen molar-refractivity contribution in [2.45, 2.75) is 0 Å². The van der Waals surface area contributed by atoms with Crippen LogP contribution in [0, 0.1) is 0 Å². The summed E-state index contributed by atoms with van der Waals surface area (Å²) in [5.74, 6) is -0.0910. The van der Waals surface area contributed by atoms with E-state index >= 15 is 0 Å². The van der Waals surface area contributed by atoms with Crippen molar-refractivity contribution < 1.29 is 4.79 Å². The van der Waals surface area contributed by atoms with Gasteiger partial charge in [0.1, 0.15) is 0 Å². The van der Waals surface area contributed by atoms with Crippen molar-refractivity contribution in [1.82, 2.24) is 4.98 Å². The summed E-state index contributed by atoms with van der Waals surface area (Å²) in [4.78, 5) is 14.7. The van der Waals surface area contributed by atoms with Gasteiger partial charge in [-0.25, -0.2) is 0 Å². The second-order valence-corrected chi connectivity index (χ2v) is 3.26. The van der Waals surface area contributed by atoms with Crippen LogP contribution in [0.4, 0.5) is 11.4 Å². The van der Waals surface area contributed by atoms with E-state index < -0.39 is 0 Å². The largest absolute Gasteiger partial charge is 0.397 e. The average Bonchev–Trinajstić information content (AvgIpc) is 2.74. The summed E-state index contributed by atoms with van der Waals surface area (Å²) in [6.45, 7) is 0. The highest BCUT2D eigenvalue weighted by molar-refractivity contribution is 6.08. The van der Waals surface area contributed by atoms with Crippen LogP contribution in [0.2, 0.25) is 0 Å². The van der Waals surface area contributed by atoms with Gasteiger partial charge in [0, 0.05) is 11.8 Å². The third-order valence-electron chi connectivity index (χ3n) is 2.19. The Bertz CT molecular complexity index is 489. The van der Waals surface area contributed by atoms with Crippen LogP contribution in [0.25, 0.3) is 0 Å². The van der Waals surface area contributed by atoms with E-state index in [-0.39, 0.29) is 5.78 Å². The number of nitrogen functional groups attached to an aromatic ring is 2. The Labute approximate surface area is 86.9 Å². The van der Waals surface area contributed by atoms with E-state index in [1.54, 1.807) is 36.5 Å². The lowest BCUT2D eigenvalue weighted by atomic mass is 10.1. The van der Waals surface area contributed by atoms with Gasteiger partial charge in [0.15, 0.2) is 0 Å². The zero-order chi connectivity index (χ0) is 10.8. The van der Waals surface area contributed by atoms with Crippen LogP contribution in [0.3, 0.4) is 0 Å². The number of anilines is 2. The SMILES string of the molecule is Nc1ccc(C(=O)c2ccc[nH]2)cc1N. The average molecular weight is 201 g/mol. The summed E-state index contributed by atoms with van der Waals surface area (Å²) < 4.78 is 0. The molecule has 0 atom stereocenters. The van der Waals surface area contributed by atoms with Gasteiger partial charge >= 0.3 is 0 Å². The number of ketones is 1. The van der Waals surface area contributed by atoms with Crippen molar-refractivity contribution in [3.8, 4) is 0 Å². The van der Waals surface area contributed by atoms with Crippen LogP contribution in [0.15, 0.2) is 36.5 Å². The summed E-state index contributed by atoms with van der Waals surface area (Å²) in [5, 5.41) is 0. The molecule has 0 aliphatic carbocycles. The summed E-state index contributed by atoms with van der Waals surface area (Å²) >= 11 is 0. The molecule has 15 heavy (non-hydrogen) atoms. The van der Waals surface area contributed by atoms with Crippen molar-refractivity contribution in [2.24, 2.45) is 0 Å². The Morgan fingerprint density at radius 3 is 2.53 bits per heavy atom. The third-order valence-corrected chi connectivity index (χ3v) is 2.19. The number of rotatable bonds is 2. The molecule has 0 unspecified atom stereocenters. The number of H-pyrrole nitrogens is 1. The van der Waals surface area contributed by atoms with Gasteiger partial charge in [0.25, 0.3) is 0 Å². The summed E-state index contributed by atoms with van der Waals surface area (Å²) in [5.41, 5.74) is 13.2. The Morgan fingerprint density at radius 2 is 1.93 bits per heavy atom. The number of hydrogen-bond acceptors (Lipinski definition) is 3. The lowest BCUT2D eigenvalue weighted by Gasteiger charge is -2.02. The first kappa shape index (κ1) is 9.33. The van der Waals surface area contributed by atoms with E-state index in [1.807, 2.05) is 0 Å². The zero-order valence-corrected chi connectivity index (χ0v) is 8.03. The minimum atomic E-state index is -0.0910. The quantitative estimate of drug-likeness (QED) is 0.507. The molecule has 0 saturated carbocycles. The molecule has 0 amide bonds. The van der Waals surface area contributed by atoms with Gasteiger partial charge in [-0.3, -0.25) is 4.79 Å². The number of benzene rings is 1. The number of aromatic amines is 1. The molecule has 0 spiro atoms. The van der Waals surface area contributed by atoms with Crippen molar-refractivity contribution in [2.75, 3.05) is 11.5 Å². The fourth-order valence-corrected chi connectivity index (χ4v) is 1.34. The maximum absolute atomic E-state index is 11.8. The van der Waals surface area contributed by atoms with Gasteiger partial charge in [0.05, 0.1) is 17.1 Å². The number of hydrogen-bond donors (Lipinski definition) is 3. The van der Waals surface area contributed by atoms with Crippen molar-refractivity contribution in [3.63, 3.8) is 0 Å². The number of aromatic nitrogens is 1. The van der Waals surface area contributed by atoms with Crippen LogP contribution in [-0.4, -0.2) is 10.8 Å². The Morgan fingerprint density at radius 1 is 1.13 bits per heavy atom. The summed E-state index contributed by atoms with van der Waals surface area (Å²) in [6, 6.07) is 8.36. The van der Waals surface area contributed by atoms with Gasteiger partial charge in [-0.1, -0.05) is 0 Å². The Balaban J connectivity index is 2.39. The monoisotopic (exact) mass is 201 g/mol. The highest BCUT2D eigenvalue weighted by Crippen LogP contribution is 2.17. The predicted molar refractivity (Wildman–Crippen MR) is 59.5 cm³/mol. The zero-order valence-electron chi connectivity index (χ0n) is 8.03. The molecule has 0 aliphatic rings. The van der Waals surface area contributed by atoms with E-state index in [2.05, 4.69) is 4.98 Å². The lowest BCUT2D eigenvalue weighted by Crippen LogP contribution is -2.03. The summed E-state index contributed by atoms with van der Waals surface area (Å²) in [6.07, 6.45) is 1.70. The molecule has 2 rings (SSSR count). The second-order valence-electron chi connectivity index (χ2n) is 3.26. The molecule has 0 fully saturated rings. The molecule has 1 heterocycles. The number of carbonyl (C=O) groups excluding carboxylic acids is 1. The molecule has 76 valence electrons. The molecule has 0 radical (unpaired) electrons. The molecule has 0 aliphatic heterocycles. The fourth-order valence-electron chi connectivity index (χ4n) is 1.34. The first-order valence-electron chi connectivity index (χ1n) is 4.51. The fraction of sp³-hybridized carbons (Fsp3) is 0. The second kappa shape index (κ2) is 3.49. The molecule has 1 aromatic heterocycles. The predicted octanol–water partition coefficient (Wildman–Crippen LogP) is 1.41. The van der Waals surface area contributed by atoms with Crippen molar-refractivity contribution in [3.05, 3.63) is 47.8 Å². The van der Waals surface area contributed by atoms with Crippen LogP contribution < -0.4 is 11.5 Å². The lowest BCUT2D eigenvalue weighted by molar-refractivity contribution is 0.103. The highest BCUT2D eigenvalue weighted by Gasteiger charge is 2.10. The molecule has 4 heteroatoms.